The number of anilines is 5. The van der Waals surface area contributed by atoms with Crippen molar-refractivity contribution in [2.24, 2.45) is 0 Å². The Labute approximate surface area is 429 Å². The van der Waals surface area contributed by atoms with Gasteiger partial charge in [0.2, 0.25) is 5.91 Å². The van der Waals surface area contributed by atoms with Gasteiger partial charge in [0.15, 0.2) is 5.78 Å². The molecule has 1 amide bonds. The van der Waals surface area contributed by atoms with Gasteiger partial charge >= 0.3 is 0 Å². The van der Waals surface area contributed by atoms with Gasteiger partial charge in [0, 0.05) is 75.3 Å². The standard InChI is InChI=1S/C25H25ClFN5O2.C20H16BrClFN3O2.C6H11N.ClH/c1-34-22-14-20-17(24(29-15-28-20)30-16-5-6-19(27)18(26)12-16)13-21(22)31-23(33)4-2-10-32-11-3-7-25(32)8-9-25;1-28-19-10-18-15(8-12(19)7-14(27)3-2-6-21)20(25-11-24-18)26-13-4-5-17(23)16(22)9-13;1-2-6(3-4-6)7-5-1;/h2,4-6,12-15H,3,7-11H2,1H3,(H,31,33)(H,28,29,30);2-5,8-11H,6-7H2,1H3,(H,24,25,26);7H,1-5H2;1H/b4-2+;3-2+;;. The zero-order valence-corrected chi connectivity index (χ0v) is 42.5. The Morgan fingerprint density at radius 2 is 1.39 bits per heavy atom. The Morgan fingerprint density at radius 1 is 0.771 bits per heavy atom. The molecule has 0 bridgehead atoms. The van der Waals surface area contributed by atoms with Crippen molar-refractivity contribution in [2.75, 3.05) is 55.1 Å². The van der Waals surface area contributed by atoms with Crippen molar-refractivity contribution in [3.8, 4) is 11.5 Å². The number of nitrogens with zero attached hydrogens (tertiary/aromatic N) is 5. The predicted molar refractivity (Wildman–Crippen MR) is 280 cm³/mol. The molecule has 2 saturated carbocycles. The number of fused-ring (bicyclic) bond motifs is 2. The molecular formula is C51H53BrCl3F2N9O4. The summed E-state index contributed by atoms with van der Waals surface area (Å²) in [5, 5.41) is 14.7. The number of methoxy groups -OCH3 is 2. The summed E-state index contributed by atoms with van der Waals surface area (Å²) in [6.45, 7) is 3.16. The second kappa shape index (κ2) is 23.6. The Kier molecular flexibility index (Phi) is 17.7. The average Bonchev–Trinajstić information content (AvgIpc) is 4.21. The van der Waals surface area contributed by atoms with Crippen molar-refractivity contribution in [3.63, 3.8) is 0 Å². The van der Waals surface area contributed by atoms with Crippen LogP contribution in [-0.2, 0) is 16.0 Å². The molecule has 0 unspecified atom stereocenters. The number of aromatic nitrogens is 4. The van der Waals surface area contributed by atoms with E-state index in [1.54, 1.807) is 49.6 Å². The van der Waals surface area contributed by atoms with Gasteiger partial charge in [0.1, 0.15) is 47.4 Å². The molecule has 4 aliphatic rings. The summed E-state index contributed by atoms with van der Waals surface area (Å²) in [4.78, 5) is 44.4. The topological polar surface area (TPSA) is 156 Å². The summed E-state index contributed by atoms with van der Waals surface area (Å²) in [7, 11) is 3.08. The minimum absolute atomic E-state index is 0. The quantitative estimate of drug-likeness (QED) is 0.0606. The zero-order valence-electron chi connectivity index (χ0n) is 38.6. The van der Waals surface area contributed by atoms with E-state index in [4.69, 9.17) is 32.7 Å². The van der Waals surface area contributed by atoms with E-state index in [9.17, 15) is 18.4 Å². The SMILES string of the molecule is C1CNC2(C1)CC2.COc1cc2ncnc(Nc3ccc(F)c(Cl)c3)c2cc1CC(=O)/C=C/CBr.COc1cc2ncnc(Nc3ccc(F)c(Cl)c3)c2cc1NC(=O)/C=C/CN1CCCC12CC2.Cl. The van der Waals surface area contributed by atoms with E-state index < -0.39 is 11.6 Å². The number of nitrogens with one attached hydrogen (secondary N) is 4. The fourth-order valence-corrected chi connectivity index (χ4v) is 9.30. The van der Waals surface area contributed by atoms with Crippen LogP contribution in [0.4, 0.5) is 37.5 Å². The van der Waals surface area contributed by atoms with Crippen molar-refractivity contribution < 1.29 is 27.8 Å². The van der Waals surface area contributed by atoms with Crippen LogP contribution in [0.3, 0.4) is 0 Å². The van der Waals surface area contributed by atoms with Gasteiger partial charge in [0.25, 0.3) is 0 Å². The first-order chi connectivity index (χ1) is 33.4. The van der Waals surface area contributed by atoms with Crippen molar-refractivity contribution in [3.05, 3.63) is 125 Å². The highest BCUT2D eigenvalue weighted by Crippen LogP contribution is 2.49. The molecule has 2 aliphatic heterocycles. The van der Waals surface area contributed by atoms with E-state index in [0.29, 0.717) is 84.0 Å². The molecule has 0 radical (unpaired) electrons. The summed E-state index contributed by atoms with van der Waals surface area (Å²) >= 11 is 15.0. The predicted octanol–water partition coefficient (Wildman–Crippen LogP) is 11.9. The third-order valence-corrected chi connectivity index (χ3v) is 13.7. The van der Waals surface area contributed by atoms with Crippen LogP contribution in [0.25, 0.3) is 21.8 Å². The lowest BCUT2D eigenvalue weighted by Crippen LogP contribution is -2.31. The molecule has 2 aliphatic carbocycles. The zero-order chi connectivity index (χ0) is 48.5. The van der Waals surface area contributed by atoms with E-state index in [1.807, 2.05) is 12.1 Å². The van der Waals surface area contributed by atoms with Crippen LogP contribution in [0.15, 0.2) is 97.6 Å². The van der Waals surface area contributed by atoms with Gasteiger partial charge in [0.05, 0.1) is 41.0 Å². The minimum atomic E-state index is -0.500. The number of carbonyl (C=O) groups excluding carboxylic acids is 2. The van der Waals surface area contributed by atoms with Crippen LogP contribution in [0, 0.1) is 11.6 Å². The first kappa shape index (κ1) is 52.3. The molecule has 19 heteroatoms. The van der Waals surface area contributed by atoms with E-state index >= 15 is 0 Å². The summed E-state index contributed by atoms with van der Waals surface area (Å²) < 4.78 is 37.8. The van der Waals surface area contributed by atoms with Gasteiger partial charge < -0.3 is 30.7 Å². The number of ether oxygens (including phenoxy) is 2. The number of hydrogen-bond acceptors (Lipinski definition) is 12. The number of alkyl halides is 1. The molecule has 6 aromatic rings. The van der Waals surface area contributed by atoms with E-state index in [0.717, 1.165) is 13.1 Å². The molecule has 4 aromatic carbocycles. The van der Waals surface area contributed by atoms with Crippen LogP contribution >= 0.6 is 51.5 Å². The summed E-state index contributed by atoms with van der Waals surface area (Å²) in [6.07, 6.45) is 20.6. The van der Waals surface area contributed by atoms with Crippen LogP contribution in [0.2, 0.25) is 10.0 Å². The molecule has 368 valence electrons. The van der Waals surface area contributed by atoms with E-state index in [1.165, 1.54) is 108 Å². The Bertz CT molecular complexity index is 2910. The second-order valence-corrected chi connectivity index (χ2v) is 18.8. The van der Waals surface area contributed by atoms with Crippen molar-refractivity contribution in [2.45, 2.75) is 68.9 Å². The maximum atomic E-state index is 13.5. The molecule has 4 heterocycles. The monoisotopic (exact) mass is 1080 g/mol. The fourth-order valence-electron chi connectivity index (χ4n) is 8.75. The molecule has 2 saturated heterocycles. The number of hydrogen-bond donors (Lipinski definition) is 4. The van der Waals surface area contributed by atoms with Crippen molar-refractivity contribution >= 4 is 114 Å². The highest BCUT2D eigenvalue weighted by molar-refractivity contribution is 9.09. The normalized spacial score (nSPS) is 16.1. The Hall–Kier alpha value is -5.49. The highest BCUT2D eigenvalue weighted by Gasteiger charge is 2.49. The number of carbonyl (C=O) groups is 2. The van der Waals surface area contributed by atoms with Gasteiger partial charge in [-0.2, -0.15) is 0 Å². The first-order valence-corrected chi connectivity index (χ1v) is 24.6. The molecule has 2 aromatic heterocycles. The second-order valence-electron chi connectivity index (χ2n) is 17.4. The number of likely N-dealkylation sites (tertiary alicyclic amines) is 1. The van der Waals surface area contributed by atoms with Gasteiger partial charge in [-0.15, -0.1) is 12.4 Å². The number of benzene rings is 4. The lowest BCUT2D eigenvalue weighted by molar-refractivity contribution is -0.114. The first-order valence-electron chi connectivity index (χ1n) is 22.7. The number of allylic oxidation sites excluding steroid dienone is 2. The number of halogens is 6. The molecule has 4 N–H and O–H groups in total. The summed E-state index contributed by atoms with van der Waals surface area (Å²) in [6, 6.07) is 15.7. The largest absolute Gasteiger partial charge is 0.496 e. The van der Waals surface area contributed by atoms with Crippen molar-refractivity contribution in [1.29, 1.82) is 0 Å². The molecule has 10 rings (SSSR count). The maximum absolute atomic E-state index is 13.5. The number of ketones is 1. The number of amides is 1. The Morgan fingerprint density at radius 3 is 1.91 bits per heavy atom. The van der Waals surface area contributed by atoms with Crippen LogP contribution in [0.5, 0.6) is 11.5 Å². The van der Waals surface area contributed by atoms with Crippen LogP contribution in [0.1, 0.15) is 56.9 Å². The molecule has 4 fully saturated rings. The minimum Gasteiger partial charge on any atom is -0.496 e. The Balaban J connectivity index is 0.000000180. The van der Waals surface area contributed by atoms with Crippen molar-refractivity contribution in [1.82, 2.24) is 30.2 Å². The molecule has 13 nitrogen and oxygen atoms in total. The van der Waals surface area contributed by atoms with Crippen LogP contribution < -0.4 is 30.7 Å². The van der Waals surface area contributed by atoms with Gasteiger partial charge in [-0.3, -0.25) is 14.5 Å². The molecule has 0 atom stereocenters. The number of rotatable bonds is 14. The van der Waals surface area contributed by atoms with Gasteiger partial charge in [-0.25, -0.2) is 28.7 Å². The molecular weight excluding hydrogens is 1030 g/mol. The smallest absolute Gasteiger partial charge is 0.248 e. The average molecular weight is 1080 g/mol. The lowest BCUT2D eigenvalue weighted by Gasteiger charge is -2.21. The summed E-state index contributed by atoms with van der Waals surface area (Å²) in [5.74, 6) is 0.779. The molecule has 70 heavy (non-hydrogen) atoms. The van der Waals surface area contributed by atoms with Gasteiger partial charge in [-0.05, 0) is 119 Å². The maximum Gasteiger partial charge on any atom is 0.248 e. The highest BCUT2D eigenvalue weighted by atomic mass is 79.9. The summed E-state index contributed by atoms with van der Waals surface area (Å²) in [5.41, 5.74) is 4.75. The lowest BCUT2D eigenvalue weighted by atomic mass is 10.0. The fraction of sp³-hybridized carbons (Fsp3) is 0.333. The molecule has 2 spiro atoms. The van der Waals surface area contributed by atoms with Gasteiger partial charge in [-0.1, -0.05) is 51.3 Å². The third-order valence-electron chi connectivity index (χ3n) is 12.7. The third kappa shape index (κ3) is 13.1. The van der Waals surface area contributed by atoms with Crippen LogP contribution in [-0.4, -0.2) is 86.8 Å². The van der Waals surface area contributed by atoms with E-state index in [-0.39, 0.29) is 40.6 Å². The van der Waals surface area contributed by atoms with E-state index in [2.05, 4.69) is 62.0 Å².